The summed E-state index contributed by atoms with van der Waals surface area (Å²) in [7, 11) is -1.99. The predicted molar refractivity (Wildman–Crippen MR) is 128 cm³/mol. The number of nitrogens with zero attached hydrogens (tertiary/aromatic N) is 1. The zero-order valence-corrected chi connectivity index (χ0v) is 19.8. The smallest absolute Gasteiger partial charge is 0.296 e. The lowest BCUT2D eigenvalue weighted by molar-refractivity contribution is 0.246. The van der Waals surface area contributed by atoms with Crippen LogP contribution in [0.4, 0.5) is 0 Å². The minimum atomic E-state index is -3.70. The number of hydrogen-bond donors (Lipinski definition) is 0. The number of benzene rings is 3. The lowest BCUT2D eigenvalue weighted by Crippen LogP contribution is -2.25. The number of methoxy groups -OCH3 is 1. The standard InChI is InChI=1S/C26H31NO4S/c1-19-7-9-23(10-8-19)32(28,29)31-18-21-13-15-27(17-21)16-14-22-5-4-6-24-20(2)26(30-3)12-11-25(22)24/h4-12,21H,13-18H2,1-3H3. The Morgan fingerprint density at radius 1 is 1.00 bits per heavy atom. The molecule has 0 radical (unpaired) electrons. The van der Waals surface area contributed by atoms with Crippen LogP contribution in [-0.2, 0) is 20.7 Å². The van der Waals surface area contributed by atoms with Gasteiger partial charge in [-0.3, -0.25) is 4.18 Å². The lowest BCUT2D eigenvalue weighted by atomic mass is 9.98. The molecule has 0 bridgehead atoms. The minimum Gasteiger partial charge on any atom is -0.496 e. The molecule has 170 valence electrons. The number of fused-ring (bicyclic) bond motifs is 1. The van der Waals surface area contributed by atoms with Crippen LogP contribution < -0.4 is 4.74 Å². The third-order valence-corrected chi connectivity index (χ3v) is 7.72. The molecule has 0 saturated carbocycles. The first-order chi connectivity index (χ1) is 15.4. The zero-order chi connectivity index (χ0) is 22.7. The Labute approximate surface area is 191 Å². The molecule has 1 aliphatic rings. The van der Waals surface area contributed by atoms with Crippen molar-refractivity contribution in [2.75, 3.05) is 33.4 Å². The Kier molecular flexibility index (Phi) is 6.84. The second kappa shape index (κ2) is 9.61. The molecule has 1 aliphatic heterocycles. The minimum absolute atomic E-state index is 0.223. The van der Waals surface area contributed by atoms with Gasteiger partial charge in [0, 0.05) is 13.1 Å². The fourth-order valence-corrected chi connectivity index (χ4v) is 5.46. The molecule has 3 aromatic rings. The third-order valence-electron chi connectivity index (χ3n) is 6.43. The highest BCUT2D eigenvalue weighted by molar-refractivity contribution is 7.86. The molecular formula is C26H31NO4S. The molecule has 6 heteroatoms. The monoisotopic (exact) mass is 453 g/mol. The van der Waals surface area contributed by atoms with Crippen LogP contribution in [0.3, 0.4) is 0 Å². The number of likely N-dealkylation sites (tertiary alicyclic amines) is 1. The molecule has 0 N–H and O–H groups in total. The normalized spacial score (nSPS) is 17.2. The Bertz CT molecular complexity index is 1190. The van der Waals surface area contributed by atoms with Gasteiger partial charge in [-0.05, 0) is 79.3 Å². The van der Waals surface area contributed by atoms with Gasteiger partial charge in [-0.15, -0.1) is 0 Å². The summed E-state index contributed by atoms with van der Waals surface area (Å²) in [6.45, 7) is 7.05. The highest BCUT2D eigenvalue weighted by Gasteiger charge is 2.25. The summed E-state index contributed by atoms with van der Waals surface area (Å²) in [5.41, 5.74) is 3.52. The lowest BCUT2D eigenvalue weighted by Gasteiger charge is -2.17. The van der Waals surface area contributed by atoms with Crippen molar-refractivity contribution in [2.24, 2.45) is 5.92 Å². The highest BCUT2D eigenvalue weighted by Crippen LogP contribution is 2.30. The van der Waals surface area contributed by atoms with Gasteiger partial charge in [0.15, 0.2) is 0 Å². The first kappa shape index (κ1) is 22.8. The molecule has 1 heterocycles. The third kappa shape index (κ3) is 4.98. The highest BCUT2D eigenvalue weighted by atomic mass is 32.2. The molecule has 0 spiro atoms. The van der Waals surface area contributed by atoms with Gasteiger partial charge in [-0.25, -0.2) is 0 Å². The topological polar surface area (TPSA) is 55.8 Å². The van der Waals surface area contributed by atoms with E-state index in [1.54, 1.807) is 31.4 Å². The predicted octanol–water partition coefficient (Wildman–Crippen LogP) is 4.74. The maximum Gasteiger partial charge on any atom is 0.296 e. The summed E-state index contributed by atoms with van der Waals surface area (Å²) >= 11 is 0. The zero-order valence-electron chi connectivity index (χ0n) is 19.0. The quantitative estimate of drug-likeness (QED) is 0.461. The van der Waals surface area contributed by atoms with Crippen LogP contribution in [0.1, 0.15) is 23.1 Å². The van der Waals surface area contributed by atoms with Crippen molar-refractivity contribution in [3.8, 4) is 5.75 Å². The van der Waals surface area contributed by atoms with E-state index < -0.39 is 10.1 Å². The van der Waals surface area contributed by atoms with Crippen LogP contribution in [0.5, 0.6) is 5.75 Å². The van der Waals surface area contributed by atoms with Crippen LogP contribution in [0, 0.1) is 19.8 Å². The van der Waals surface area contributed by atoms with E-state index in [-0.39, 0.29) is 17.4 Å². The van der Waals surface area contributed by atoms with Crippen molar-refractivity contribution >= 4 is 20.9 Å². The largest absolute Gasteiger partial charge is 0.496 e. The van der Waals surface area contributed by atoms with Crippen LogP contribution in [0.25, 0.3) is 10.8 Å². The molecule has 1 unspecified atom stereocenters. The van der Waals surface area contributed by atoms with Crippen molar-refractivity contribution < 1.29 is 17.3 Å². The summed E-state index contributed by atoms with van der Waals surface area (Å²) in [6.07, 6.45) is 1.91. The van der Waals surface area contributed by atoms with Crippen molar-refractivity contribution in [3.63, 3.8) is 0 Å². The SMILES string of the molecule is COc1ccc2c(CCN3CCC(COS(=O)(=O)c4ccc(C)cc4)C3)cccc2c1C. The van der Waals surface area contributed by atoms with Crippen LogP contribution >= 0.6 is 0 Å². The molecule has 5 nitrogen and oxygen atoms in total. The number of hydrogen-bond acceptors (Lipinski definition) is 5. The van der Waals surface area contributed by atoms with E-state index in [0.717, 1.165) is 43.8 Å². The summed E-state index contributed by atoms with van der Waals surface area (Å²) in [6, 6.07) is 17.4. The fraction of sp³-hybridized carbons (Fsp3) is 0.385. The summed E-state index contributed by atoms with van der Waals surface area (Å²) < 4.78 is 35.7. The average Bonchev–Trinajstić information content (AvgIpc) is 3.25. The molecular weight excluding hydrogens is 422 g/mol. The van der Waals surface area contributed by atoms with Crippen LogP contribution in [-0.4, -0.2) is 46.7 Å². The van der Waals surface area contributed by atoms with Gasteiger partial charge in [0.2, 0.25) is 0 Å². The first-order valence-corrected chi connectivity index (χ1v) is 12.5. The summed E-state index contributed by atoms with van der Waals surface area (Å²) in [5, 5.41) is 2.50. The second-order valence-corrected chi connectivity index (χ2v) is 10.3. The van der Waals surface area contributed by atoms with Gasteiger partial charge >= 0.3 is 0 Å². The van der Waals surface area contributed by atoms with E-state index >= 15 is 0 Å². The Balaban J connectivity index is 1.33. The Morgan fingerprint density at radius 3 is 2.53 bits per heavy atom. The van der Waals surface area contributed by atoms with E-state index in [1.807, 2.05) is 13.0 Å². The Hall–Kier alpha value is -2.41. The molecule has 1 fully saturated rings. The van der Waals surface area contributed by atoms with E-state index in [1.165, 1.54) is 21.9 Å². The number of ether oxygens (including phenoxy) is 1. The molecule has 4 rings (SSSR count). The van der Waals surface area contributed by atoms with E-state index in [0.29, 0.717) is 0 Å². The Morgan fingerprint density at radius 2 is 1.78 bits per heavy atom. The van der Waals surface area contributed by atoms with Crippen molar-refractivity contribution in [1.29, 1.82) is 0 Å². The van der Waals surface area contributed by atoms with Gasteiger partial charge < -0.3 is 9.64 Å². The maximum atomic E-state index is 12.4. The van der Waals surface area contributed by atoms with Crippen molar-refractivity contribution in [3.05, 3.63) is 71.3 Å². The van der Waals surface area contributed by atoms with Gasteiger partial charge in [0.05, 0.1) is 18.6 Å². The maximum absolute atomic E-state index is 12.4. The average molecular weight is 454 g/mol. The first-order valence-electron chi connectivity index (χ1n) is 11.1. The molecule has 0 aromatic heterocycles. The second-order valence-electron chi connectivity index (χ2n) is 8.66. The van der Waals surface area contributed by atoms with Gasteiger partial charge in [-0.1, -0.05) is 42.0 Å². The summed E-state index contributed by atoms with van der Waals surface area (Å²) in [5.74, 6) is 1.15. The van der Waals surface area contributed by atoms with Crippen molar-refractivity contribution in [2.45, 2.75) is 31.6 Å². The number of aryl methyl sites for hydroxylation is 2. The number of rotatable bonds is 8. The van der Waals surface area contributed by atoms with E-state index in [9.17, 15) is 8.42 Å². The van der Waals surface area contributed by atoms with Gasteiger partial charge in [-0.2, -0.15) is 8.42 Å². The molecule has 3 aromatic carbocycles. The van der Waals surface area contributed by atoms with E-state index in [2.05, 4.69) is 36.1 Å². The van der Waals surface area contributed by atoms with E-state index in [4.69, 9.17) is 8.92 Å². The molecule has 0 aliphatic carbocycles. The molecule has 1 atom stereocenters. The van der Waals surface area contributed by atoms with Gasteiger partial charge in [0.1, 0.15) is 5.75 Å². The van der Waals surface area contributed by atoms with Crippen molar-refractivity contribution in [1.82, 2.24) is 4.90 Å². The fourth-order valence-electron chi connectivity index (χ4n) is 4.48. The molecule has 0 amide bonds. The van der Waals surface area contributed by atoms with Gasteiger partial charge in [0.25, 0.3) is 10.1 Å². The van der Waals surface area contributed by atoms with Crippen LogP contribution in [0.2, 0.25) is 0 Å². The van der Waals surface area contributed by atoms with Crippen LogP contribution in [0.15, 0.2) is 59.5 Å². The summed E-state index contributed by atoms with van der Waals surface area (Å²) in [4.78, 5) is 2.63. The molecule has 32 heavy (non-hydrogen) atoms. The molecule has 1 saturated heterocycles.